The van der Waals surface area contributed by atoms with E-state index >= 15 is 0 Å². The predicted octanol–water partition coefficient (Wildman–Crippen LogP) is 1.65. The number of alkyl halides is 3. The van der Waals surface area contributed by atoms with Crippen LogP contribution >= 0.6 is 0 Å². The summed E-state index contributed by atoms with van der Waals surface area (Å²) in [7, 11) is 1.67. The first-order chi connectivity index (χ1) is 12.9. The molecule has 0 aromatic carbocycles. The van der Waals surface area contributed by atoms with Crippen LogP contribution in [0, 0.1) is 0 Å². The van der Waals surface area contributed by atoms with Crippen LogP contribution in [0.15, 0.2) is 23.3 Å². The first kappa shape index (κ1) is 18.0. The van der Waals surface area contributed by atoms with E-state index in [1.165, 1.54) is 23.3 Å². The topological polar surface area (TPSA) is 69.8 Å². The number of guanidine groups is 1. The molecule has 1 aliphatic carbocycles. The van der Waals surface area contributed by atoms with Crippen molar-refractivity contribution >= 4 is 11.6 Å². The van der Waals surface area contributed by atoms with Gasteiger partial charge in [-0.1, -0.05) is 0 Å². The van der Waals surface area contributed by atoms with Crippen molar-refractivity contribution in [3.63, 3.8) is 0 Å². The molecule has 1 aliphatic heterocycles. The number of aliphatic imine (C=N–C) groups is 1. The zero-order valence-electron chi connectivity index (χ0n) is 15.0. The number of fused-ring (bicyclic) bond motifs is 1. The summed E-state index contributed by atoms with van der Waals surface area (Å²) in [6.07, 6.45) is 0.253. The molecule has 2 aromatic rings. The lowest BCUT2D eigenvalue weighted by Crippen LogP contribution is -2.44. The molecule has 4 rings (SSSR count). The Morgan fingerprint density at radius 1 is 1.26 bits per heavy atom. The smallest absolute Gasteiger partial charge is 0.352 e. The summed E-state index contributed by atoms with van der Waals surface area (Å²) in [5.74, 6) is 1.01. The highest BCUT2D eigenvalue weighted by Gasteiger charge is 2.34. The van der Waals surface area contributed by atoms with E-state index in [4.69, 9.17) is 0 Å². The number of rotatable bonds is 4. The maximum absolute atomic E-state index is 12.9. The molecule has 1 saturated carbocycles. The van der Waals surface area contributed by atoms with Gasteiger partial charge in [0.15, 0.2) is 17.4 Å². The molecule has 0 radical (unpaired) electrons. The predicted molar refractivity (Wildman–Crippen MR) is 94.3 cm³/mol. The van der Waals surface area contributed by atoms with Crippen LogP contribution in [-0.4, -0.2) is 57.7 Å². The third-order valence-corrected chi connectivity index (χ3v) is 5.06. The third kappa shape index (κ3) is 4.00. The van der Waals surface area contributed by atoms with E-state index in [1.807, 2.05) is 0 Å². The Hall–Kier alpha value is -2.36. The Labute approximate surface area is 154 Å². The second-order valence-electron chi connectivity index (χ2n) is 7.04. The van der Waals surface area contributed by atoms with Crippen LogP contribution in [0.1, 0.15) is 30.7 Å². The molecule has 1 unspecified atom stereocenters. The monoisotopic (exact) mass is 381 g/mol. The SMILES string of the molecule is CN=C(NCc1nnc2ccc(C(F)(F)F)cn12)NC1CCN(C2CC2)C1. The lowest BCUT2D eigenvalue weighted by atomic mass is 10.3. The van der Waals surface area contributed by atoms with Gasteiger partial charge in [0.05, 0.1) is 12.1 Å². The number of hydrogen-bond donors (Lipinski definition) is 2. The first-order valence-corrected chi connectivity index (χ1v) is 9.06. The largest absolute Gasteiger partial charge is 0.417 e. The number of aromatic nitrogens is 3. The molecule has 1 saturated heterocycles. The zero-order valence-corrected chi connectivity index (χ0v) is 15.0. The number of nitrogens with zero attached hydrogens (tertiary/aromatic N) is 5. The van der Waals surface area contributed by atoms with Gasteiger partial charge in [-0.15, -0.1) is 10.2 Å². The van der Waals surface area contributed by atoms with Gasteiger partial charge in [-0.3, -0.25) is 14.3 Å². The van der Waals surface area contributed by atoms with Crippen molar-refractivity contribution in [2.45, 2.75) is 44.1 Å². The minimum absolute atomic E-state index is 0.223. The Bertz CT molecular complexity index is 841. The fourth-order valence-electron chi connectivity index (χ4n) is 3.45. The number of hydrogen-bond acceptors (Lipinski definition) is 4. The molecule has 10 heteroatoms. The molecular weight excluding hydrogens is 359 g/mol. The normalized spacial score (nSPS) is 21.8. The molecule has 3 heterocycles. The standard InChI is InChI=1S/C17H22F3N7/c1-21-16(23-12-6-7-26(10-12)13-3-4-13)22-8-15-25-24-14-5-2-11(9-27(14)15)17(18,19)20/h2,5,9,12-13H,3-4,6-8,10H2,1H3,(H2,21,22,23). The Kier molecular flexibility index (Phi) is 4.67. The van der Waals surface area contributed by atoms with Crippen molar-refractivity contribution in [1.29, 1.82) is 0 Å². The summed E-state index contributed by atoms with van der Waals surface area (Å²) in [6, 6.07) is 3.39. The van der Waals surface area contributed by atoms with Crippen molar-refractivity contribution in [2.24, 2.45) is 4.99 Å². The average Bonchev–Trinajstić information content (AvgIpc) is 3.25. The van der Waals surface area contributed by atoms with Crippen molar-refractivity contribution in [3.05, 3.63) is 29.7 Å². The third-order valence-electron chi connectivity index (χ3n) is 5.06. The van der Waals surface area contributed by atoms with Crippen molar-refractivity contribution in [2.75, 3.05) is 20.1 Å². The van der Waals surface area contributed by atoms with Gasteiger partial charge in [0.2, 0.25) is 0 Å². The van der Waals surface area contributed by atoms with Crippen LogP contribution in [0.25, 0.3) is 5.65 Å². The highest BCUT2D eigenvalue weighted by molar-refractivity contribution is 5.79. The van der Waals surface area contributed by atoms with Crippen LogP contribution in [0.4, 0.5) is 13.2 Å². The Morgan fingerprint density at radius 2 is 2.07 bits per heavy atom. The van der Waals surface area contributed by atoms with Crippen LogP contribution < -0.4 is 10.6 Å². The zero-order chi connectivity index (χ0) is 19.0. The number of nitrogens with one attached hydrogen (secondary N) is 2. The quantitative estimate of drug-likeness (QED) is 0.623. The summed E-state index contributed by atoms with van der Waals surface area (Å²) >= 11 is 0. The molecule has 2 aliphatic rings. The van der Waals surface area contributed by atoms with E-state index in [2.05, 4.69) is 30.7 Å². The molecule has 0 spiro atoms. The molecular formula is C17H22F3N7. The van der Waals surface area contributed by atoms with E-state index < -0.39 is 11.7 Å². The van der Waals surface area contributed by atoms with Crippen LogP contribution in [0.5, 0.6) is 0 Å². The van der Waals surface area contributed by atoms with Crippen molar-refractivity contribution in [1.82, 2.24) is 30.1 Å². The van der Waals surface area contributed by atoms with Crippen LogP contribution in [-0.2, 0) is 12.7 Å². The van der Waals surface area contributed by atoms with Gasteiger partial charge in [-0.2, -0.15) is 13.2 Å². The van der Waals surface area contributed by atoms with Gasteiger partial charge in [0.1, 0.15) is 0 Å². The molecule has 27 heavy (non-hydrogen) atoms. The molecule has 2 aromatic heterocycles. The molecule has 2 fully saturated rings. The maximum Gasteiger partial charge on any atom is 0.417 e. The van der Waals surface area contributed by atoms with Gasteiger partial charge in [-0.05, 0) is 31.4 Å². The summed E-state index contributed by atoms with van der Waals surface area (Å²) < 4.78 is 40.2. The van der Waals surface area contributed by atoms with E-state index in [0.717, 1.165) is 37.8 Å². The average molecular weight is 381 g/mol. The van der Waals surface area contributed by atoms with E-state index in [9.17, 15) is 13.2 Å². The molecule has 2 N–H and O–H groups in total. The molecule has 1 atom stereocenters. The van der Waals surface area contributed by atoms with Gasteiger partial charge in [0, 0.05) is 38.4 Å². The first-order valence-electron chi connectivity index (χ1n) is 9.06. The van der Waals surface area contributed by atoms with E-state index in [1.54, 1.807) is 7.05 Å². The summed E-state index contributed by atoms with van der Waals surface area (Å²) in [5, 5.41) is 14.4. The summed E-state index contributed by atoms with van der Waals surface area (Å²) in [5.41, 5.74) is -0.358. The van der Waals surface area contributed by atoms with Crippen molar-refractivity contribution in [3.8, 4) is 0 Å². The number of pyridine rings is 1. The van der Waals surface area contributed by atoms with Gasteiger partial charge >= 0.3 is 6.18 Å². The second kappa shape index (κ2) is 6.99. The van der Waals surface area contributed by atoms with Gasteiger partial charge < -0.3 is 10.6 Å². The molecule has 146 valence electrons. The minimum atomic E-state index is -4.41. The van der Waals surface area contributed by atoms with E-state index in [-0.39, 0.29) is 6.54 Å². The van der Waals surface area contributed by atoms with Gasteiger partial charge in [-0.25, -0.2) is 0 Å². The lowest BCUT2D eigenvalue weighted by molar-refractivity contribution is -0.137. The lowest BCUT2D eigenvalue weighted by Gasteiger charge is -2.18. The summed E-state index contributed by atoms with van der Waals surface area (Å²) in [4.78, 5) is 6.71. The molecule has 0 amide bonds. The fraction of sp³-hybridized carbons (Fsp3) is 0.588. The van der Waals surface area contributed by atoms with Crippen LogP contribution in [0.2, 0.25) is 0 Å². The van der Waals surface area contributed by atoms with Crippen molar-refractivity contribution < 1.29 is 13.2 Å². The minimum Gasteiger partial charge on any atom is -0.352 e. The highest BCUT2D eigenvalue weighted by Crippen LogP contribution is 2.30. The fourth-order valence-corrected chi connectivity index (χ4v) is 3.45. The molecule has 7 nitrogen and oxygen atoms in total. The van der Waals surface area contributed by atoms with Gasteiger partial charge in [0.25, 0.3) is 0 Å². The summed E-state index contributed by atoms with van der Waals surface area (Å²) in [6.45, 7) is 2.31. The van der Waals surface area contributed by atoms with Crippen LogP contribution in [0.3, 0.4) is 0 Å². The second-order valence-corrected chi connectivity index (χ2v) is 7.04. The Morgan fingerprint density at radius 3 is 2.78 bits per heavy atom. The highest BCUT2D eigenvalue weighted by atomic mass is 19.4. The Balaban J connectivity index is 1.39. The number of halogens is 3. The van der Waals surface area contributed by atoms with E-state index in [0.29, 0.717) is 23.5 Å². The maximum atomic E-state index is 12.9. The molecule has 0 bridgehead atoms. The number of likely N-dealkylation sites (tertiary alicyclic amines) is 1.